The van der Waals surface area contributed by atoms with Gasteiger partial charge in [0.25, 0.3) is 0 Å². The molecule has 0 aliphatic heterocycles. The van der Waals surface area contributed by atoms with Crippen LogP contribution in [0, 0.1) is 5.92 Å². The molecule has 4 heteroatoms. The molecule has 0 bridgehead atoms. The second-order valence-electron chi connectivity index (χ2n) is 4.37. The number of nitrogen functional groups attached to an aromatic ring is 1. The van der Waals surface area contributed by atoms with Crippen molar-refractivity contribution in [2.24, 2.45) is 11.7 Å². The number of nitrogens with two attached hydrogens (primary N) is 2. The SMILES string of the molecule is CCN(Cc1ccc(N)cc1)CC(C)C(N)=O. The molecule has 0 aliphatic rings. The Hall–Kier alpha value is -1.55. The molecular weight excluding hydrogens is 214 g/mol. The van der Waals surface area contributed by atoms with Gasteiger partial charge in [-0.15, -0.1) is 0 Å². The van der Waals surface area contributed by atoms with Gasteiger partial charge in [0.1, 0.15) is 0 Å². The van der Waals surface area contributed by atoms with E-state index >= 15 is 0 Å². The predicted molar refractivity (Wildman–Crippen MR) is 70.2 cm³/mol. The summed E-state index contributed by atoms with van der Waals surface area (Å²) in [4.78, 5) is 13.2. The lowest BCUT2D eigenvalue weighted by Gasteiger charge is -2.22. The van der Waals surface area contributed by atoms with E-state index in [0.29, 0.717) is 6.54 Å². The lowest BCUT2D eigenvalue weighted by atomic mass is 10.1. The zero-order valence-electron chi connectivity index (χ0n) is 10.5. The maximum Gasteiger partial charge on any atom is 0.221 e. The molecule has 1 amide bonds. The van der Waals surface area contributed by atoms with E-state index in [-0.39, 0.29) is 11.8 Å². The molecule has 1 aromatic rings. The number of carbonyl (C=O) groups is 1. The minimum absolute atomic E-state index is 0.122. The van der Waals surface area contributed by atoms with Gasteiger partial charge in [-0.3, -0.25) is 9.69 Å². The third-order valence-corrected chi connectivity index (χ3v) is 2.85. The Morgan fingerprint density at radius 3 is 2.41 bits per heavy atom. The van der Waals surface area contributed by atoms with Crippen LogP contribution in [-0.2, 0) is 11.3 Å². The summed E-state index contributed by atoms with van der Waals surface area (Å²) in [6, 6.07) is 7.79. The van der Waals surface area contributed by atoms with E-state index in [1.54, 1.807) is 0 Å². The Balaban J connectivity index is 2.57. The minimum Gasteiger partial charge on any atom is -0.399 e. The van der Waals surface area contributed by atoms with Crippen LogP contribution in [-0.4, -0.2) is 23.9 Å². The Kier molecular flexibility index (Phi) is 4.97. The van der Waals surface area contributed by atoms with Crippen LogP contribution in [0.4, 0.5) is 5.69 Å². The van der Waals surface area contributed by atoms with Crippen LogP contribution < -0.4 is 11.5 Å². The van der Waals surface area contributed by atoms with Crippen molar-refractivity contribution in [3.63, 3.8) is 0 Å². The van der Waals surface area contributed by atoms with Crippen LogP contribution in [0.2, 0.25) is 0 Å². The van der Waals surface area contributed by atoms with Gasteiger partial charge in [0, 0.05) is 24.7 Å². The van der Waals surface area contributed by atoms with Crippen molar-refractivity contribution in [3.8, 4) is 0 Å². The van der Waals surface area contributed by atoms with E-state index in [1.165, 1.54) is 5.56 Å². The van der Waals surface area contributed by atoms with Gasteiger partial charge in [-0.05, 0) is 24.2 Å². The molecule has 1 rings (SSSR count). The summed E-state index contributed by atoms with van der Waals surface area (Å²) >= 11 is 0. The van der Waals surface area contributed by atoms with Crippen LogP contribution in [0.1, 0.15) is 19.4 Å². The van der Waals surface area contributed by atoms with E-state index in [2.05, 4.69) is 11.8 Å². The second-order valence-corrected chi connectivity index (χ2v) is 4.37. The van der Waals surface area contributed by atoms with Crippen molar-refractivity contribution in [1.29, 1.82) is 0 Å². The van der Waals surface area contributed by atoms with Gasteiger partial charge in [-0.2, -0.15) is 0 Å². The van der Waals surface area contributed by atoms with E-state index < -0.39 is 0 Å². The van der Waals surface area contributed by atoms with Gasteiger partial charge >= 0.3 is 0 Å². The molecule has 0 fully saturated rings. The van der Waals surface area contributed by atoms with Crippen LogP contribution in [0.25, 0.3) is 0 Å². The molecule has 0 aromatic heterocycles. The molecule has 0 radical (unpaired) electrons. The van der Waals surface area contributed by atoms with E-state index in [4.69, 9.17) is 11.5 Å². The second kappa shape index (κ2) is 6.25. The number of anilines is 1. The minimum atomic E-state index is -0.249. The molecule has 4 nitrogen and oxygen atoms in total. The summed E-state index contributed by atoms with van der Waals surface area (Å²) in [5.74, 6) is -0.371. The quantitative estimate of drug-likeness (QED) is 0.728. The average molecular weight is 235 g/mol. The Labute approximate surface area is 103 Å². The van der Waals surface area contributed by atoms with E-state index in [0.717, 1.165) is 18.8 Å². The van der Waals surface area contributed by atoms with Crippen molar-refractivity contribution < 1.29 is 4.79 Å². The van der Waals surface area contributed by atoms with Gasteiger partial charge < -0.3 is 11.5 Å². The number of carbonyl (C=O) groups excluding carboxylic acids is 1. The van der Waals surface area contributed by atoms with Crippen molar-refractivity contribution in [2.45, 2.75) is 20.4 Å². The Bertz CT molecular complexity index is 361. The number of amides is 1. The molecule has 1 atom stereocenters. The highest BCUT2D eigenvalue weighted by atomic mass is 16.1. The summed E-state index contributed by atoms with van der Waals surface area (Å²) < 4.78 is 0. The smallest absolute Gasteiger partial charge is 0.221 e. The van der Waals surface area contributed by atoms with E-state index in [1.807, 2.05) is 31.2 Å². The standard InChI is InChI=1S/C13H21N3O/c1-3-16(8-10(2)13(15)17)9-11-4-6-12(14)7-5-11/h4-7,10H,3,8-9,14H2,1-2H3,(H2,15,17). The first-order valence-electron chi connectivity index (χ1n) is 5.89. The Morgan fingerprint density at radius 1 is 1.35 bits per heavy atom. The fourth-order valence-corrected chi connectivity index (χ4v) is 1.66. The number of nitrogens with zero attached hydrogens (tertiary/aromatic N) is 1. The first-order chi connectivity index (χ1) is 8.02. The zero-order valence-corrected chi connectivity index (χ0v) is 10.5. The van der Waals surface area contributed by atoms with Gasteiger partial charge in [0.15, 0.2) is 0 Å². The maximum atomic E-state index is 11.0. The maximum absolute atomic E-state index is 11.0. The third kappa shape index (κ3) is 4.44. The molecule has 94 valence electrons. The highest BCUT2D eigenvalue weighted by molar-refractivity contribution is 5.76. The van der Waals surface area contributed by atoms with Gasteiger partial charge in [-0.25, -0.2) is 0 Å². The summed E-state index contributed by atoms with van der Waals surface area (Å²) in [6.07, 6.45) is 0. The summed E-state index contributed by atoms with van der Waals surface area (Å²) in [6.45, 7) is 6.32. The number of hydrogen-bond donors (Lipinski definition) is 2. The van der Waals surface area contributed by atoms with Crippen LogP contribution in [0.5, 0.6) is 0 Å². The zero-order chi connectivity index (χ0) is 12.8. The van der Waals surface area contributed by atoms with Gasteiger partial charge in [0.05, 0.1) is 0 Å². The normalized spacial score (nSPS) is 12.6. The lowest BCUT2D eigenvalue weighted by Crippen LogP contribution is -2.34. The topological polar surface area (TPSA) is 72.3 Å². The van der Waals surface area contributed by atoms with Crippen molar-refractivity contribution in [1.82, 2.24) is 4.90 Å². The summed E-state index contributed by atoms with van der Waals surface area (Å²) in [7, 11) is 0. The molecule has 1 unspecified atom stereocenters. The third-order valence-electron chi connectivity index (χ3n) is 2.85. The molecule has 0 heterocycles. The van der Waals surface area contributed by atoms with Crippen molar-refractivity contribution in [3.05, 3.63) is 29.8 Å². The number of hydrogen-bond acceptors (Lipinski definition) is 3. The fraction of sp³-hybridized carbons (Fsp3) is 0.462. The van der Waals surface area contributed by atoms with Crippen molar-refractivity contribution >= 4 is 11.6 Å². The molecule has 0 spiro atoms. The van der Waals surface area contributed by atoms with Crippen LogP contribution in [0.15, 0.2) is 24.3 Å². The van der Waals surface area contributed by atoms with Crippen molar-refractivity contribution in [2.75, 3.05) is 18.8 Å². The summed E-state index contributed by atoms with van der Waals surface area (Å²) in [5, 5.41) is 0. The molecular formula is C13H21N3O. The largest absolute Gasteiger partial charge is 0.399 e. The molecule has 17 heavy (non-hydrogen) atoms. The first kappa shape index (κ1) is 13.5. The number of rotatable bonds is 6. The molecule has 0 aliphatic carbocycles. The molecule has 0 saturated heterocycles. The molecule has 4 N–H and O–H groups in total. The predicted octanol–water partition coefficient (Wildman–Crippen LogP) is 1.21. The summed E-state index contributed by atoms with van der Waals surface area (Å²) in [5.41, 5.74) is 12.9. The molecule has 0 saturated carbocycles. The highest BCUT2D eigenvalue weighted by Crippen LogP contribution is 2.10. The number of primary amides is 1. The fourth-order valence-electron chi connectivity index (χ4n) is 1.66. The van der Waals surface area contributed by atoms with Gasteiger partial charge in [0.2, 0.25) is 5.91 Å². The van der Waals surface area contributed by atoms with Crippen LogP contribution >= 0.6 is 0 Å². The lowest BCUT2D eigenvalue weighted by molar-refractivity contribution is -0.121. The molecule has 1 aromatic carbocycles. The monoisotopic (exact) mass is 235 g/mol. The number of benzene rings is 1. The highest BCUT2D eigenvalue weighted by Gasteiger charge is 2.13. The van der Waals surface area contributed by atoms with Crippen LogP contribution in [0.3, 0.4) is 0 Å². The van der Waals surface area contributed by atoms with Gasteiger partial charge in [-0.1, -0.05) is 26.0 Å². The Morgan fingerprint density at radius 2 is 1.94 bits per heavy atom. The average Bonchev–Trinajstić information content (AvgIpc) is 2.30. The first-order valence-corrected chi connectivity index (χ1v) is 5.89. The van der Waals surface area contributed by atoms with E-state index in [9.17, 15) is 4.79 Å².